The van der Waals surface area contributed by atoms with Gasteiger partial charge in [0.05, 0.1) is 25.3 Å². The molecular formula is C21H44IN5O3. The zero-order chi connectivity index (χ0) is 21.8. The van der Waals surface area contributed by atoms with Crippen LogP contribution in [-0.2, 0) is 9.47 Å². The maximum absolute atomic E-state index is 12.3. The lowest BCUT2D eigenvalue weighted by Gasteiger charge is -2.32. The first-order valence-corrected chi connectivity index (χ1v) is 11.1. The van der Waals surface area contributed by atoms with Gasteiger partial charge in [-0.05, 0) is 53.5 Å². The standard InChI is InChI=1S/C21H43N5O3.HI/c1-7-21(8-2,25-19(27)29-20(4,5)6)17-24-18(22-9-3)23-11-10-12-26-13-15-28-16-14-26;/h7-17H2,1-6H3,(H,25,27)(H2,22,23,24);1H. The van der Waals surface area contributed by atoms with Crippen molar-refractivity contribution < 1.29 is 14.3 Å². The zero-order valence-electron chi connectivity index (χ0n) is 19.8. The van der Waals surface area contributed by atoms with Gasteiger partial charge in [-0.15, -0.1) is 24.0 Å². The van der Waals surface area contributed by atoms with E-state index in [0.29, 0.717) is 6.54 Å². The number of alkyl carbamates (subject to hydrolysis) is 1. The molecule has 0 bridgehead atoms. The van der Waals surface area contributed by atoms with Crippen molar-refractivity contribution in [2.24, 2.45) is 4.99 Å². The molecule has 1 aliphatic heterocycles. The third-order valence-corrected chi connectivity index (χ3v) is 5.05. The number of hydrogen-bond acceptors (Lipinski definition) is 5. The summed E-state index contributed by atoms with van der Waals surface area (Å²) in [7, 11) is 0. The molecular weight excluding hydrogens is 497 g/mol. The first-order chi connectivity index (χ1) is 13.7. The van der Waals surface area contributed by atoms with E-state index < -0.39 is 11.1 Å². The summed E-state index contributed by atoms with van der Waals surface area (Å²) in [5.41, 5.74) is -0.935. The third-order valence-electron chi connectivity index (χ3n) is 5.05. The van der Waals surface area contributed by atoms with E-state index in [1.54, 1.807) is 0 Å². The minimum Gasteiger partial charge on any atom is -0.444 e. The van der Waals surface area contributed by atoms with Gasteiger partial charge >= 0.3 is 6.09 Å². The van der Waals surface area contributed by atoms with E-state index in [4.69, 9.17) is 14.5 Å². The number of rotatable bonds is 10. The number of nitrogens with one attached hydrogen (secondary N) is 3. The number of hydrogen-bond donors (Lipinski definition) is 3. The van der Waals surface area contributed by atoms with Gasteiger partial charge in [-0.1, -0.05) is 13.8 Å². The predicted octanol–water partition coefficient (Wildman–Crippen LogP) is 2.97. The highest BCUT2D eigenvalue weighted by molar-refractivity contribution is 14.0. The molecule has 0 aliphatic carbocycles. The van der Waals surface area contributed by atoms with Crippen molar-refractivity contribution in [3.63, 3.8) is 0 Å². The van der Waals surface area contributed by atoms with Crippen molar-refractivity contribution in [2.45, 2.75) is 71.9 Å². The lowest BCUT2D eigenvalue weighted by molar-refractivity contribution is 0.0376. The highest BCUT2D eigenvalue weighted by Gasteiger charge is 2.30. The van der Waals surface area contributed by atoms with Gasteiger partial charge in [0.15, 0.2) is 5.96 Å². The average Bonchev–Trinajstić information content (AvgIpc) is 2.67. The van der Waals surface area contributed by atoms with Crippen LogP contribution < -0.4 is 16.0 Å². The van der Waals surface area contributed by atoms with Gasteiger partial charge in [0.2, 0.25) is 0 Å². The number of morpholine rings is 1. The molecule has 1 rings (SSSR count). The van der Waals surface area contributed by atoms with E-state index in [2.05, 4.69) is 41.6 Å². The van der Waals surface area contributed by atoms with Crippen LogP contribution in [0.3, 0.4) is 0 Å². The molecule has 1 fully saturated rings. The Hall–Kier alpha value is -0.810. The van der Waals surface area contributed by atoms with Crippen LogP contribution in [0.1, 0.15) is 60.8 Å². The van der Waals surface area contributed by atoms with Gasteiger partial charge in [-0.25, -0.2) is 4.79 Å². The molecule has 9 heteroatoms. The maximum Gasteiger partial charge on any atom is 0.408 e. The zero-order valence-corrected chi connectivity index (χ0v) is 22.1. The van der Waals surface area contributed by atoms with Gasteiger partial charge < -0.3 is 25.4 Å². The number of nitrogens with zero attached hydrogens (tertiary/aromatic N) is 2. The van der Waals surface area contributed by atoms with E-state index in [9.17, 15) is 4.79 Å². The number of guanidine groups is 1. The summed E-state index contributed by atoms with van der Waals surface area (Å²) in [5, 5.41) is 9.76. The quantitative estimate of drug-likeness (QED) is 0.171. The van der Waals surface area contributed by atoms with Crippen molar-refractivity contribution in [3.05, 3.63) is 0 Å². The smallest absolute Gasteiger partial charge is 0.408 e. The molecule has 178 valence electrons. The van der Waals surface area contributed by atoms with Crippen LogP contribution in [0.4, 0.5) is 4.79 Å². The second-order valence-electron chi connectivity index (χ2n) is 8.54. The molecule has 1 saturated heterocycles. The Morgan fingerprint density at radius 3 is 2.27 bits per heavy atom. The summed E-state index contributed by atoms with van der Waals surface area (Å²) in [6.07, 6.45) is 2.22. The molecule has 0 aromatic heterocycles. The Morgan fingerprint density at radius 2 is 1.73 bits per heavy atom. The van der Waals surface area contributed by atoms with Gasteiger partial charge in [-0.2, -0.15) is 0 Å². The van der Waals surface area contributed by atoms with Crippen LogP contribution in [-0.4, -0.2) is 80.6 Å². The Balaban J connectivity index is 0.00000841. The summed E-state index contributed by atoms with van der Waals surface area (Å²) < 4.78 is 10.8. The maximum atomic E-state index is 12.3. The summed E-state index contributed by atoms with van der Waals surface area (Å²) in [6, 6.07) is 0. The molecule has 0 aromatic rings. The lowest BCUT2D eigenvalue weighted by atomic mass is 9.93. The molecule has 30 heavy (non-hydrogen) atoms. The predicted molar refractivity (Wildman–Crippen MR) is 134 cm³/mol. The molecule has 0 radical (unpaired) electrons. The fourth-order valence-corrected chi connectivity index (χ4v) is 3.12. The molecule has 1 heterocycles. The second-order valence-corrected chi connectivity index (χ2v) is 8.54. The molecule has 0 atom stereocenters. The first-order valence-electron chi connectivity index (χ1n) is 11.1. The van der Waals surface area contributed by atoms with Gasteiger partial charge in [0.1, 0.15) is 5.60 Å². The molecule has 8 nitrogen and oxygen atoms in total. The van der Waals surface area contributed by atoms with Gasteiger partial charge in [0.25, 0.3) is 0 Å². The number of carbonyl (C=O) groups is 1. The van der Waals surface area contributed by atoms with Gasteiger partial charge in [0, 0.05) is 26.2 Å². The van der Waals surface area contributed by atoms with Crippen molar-refractivity contribution in [3.8, 4) is 0 Å². The third kappa shape index (κ3) is 12.1. The monoisotopic (exact) mass is 541 g/mol. The SMILES string of the molecule is CCNC(=NCC(CC)(CC)NC(=O)OC(C)(C)C)NCCCN1CCOCC1.I. The van der Waals surface area contributed by atoms with Crippen LogP contribution in [0, 0.1) is 0 Å². The Bertz CT molecular complexity index is 501. The van der Waals surface area contributed by atoms with Crippen molar-refractivity contribution in [1.29, 1.82) is 0 Å². The van der Waals surface area contributed by atoms with Crippen LogP contribution in [0.5, 0.6) is 0 Å². The molecule has 0 unspecified atom stereocenters. The minimum atomic E-state index is -0.516. The minimum absolute atomic E-state index is 0. The van der Waals surface area contributed by atoms with E-state index in [1.807, 2.05) is 20.8 Å². The number of ether oxygens (including phenoxy) is 2. The number of carbonyl (C=O) groups excluding carboxylic acids is 1. The van der Waals surface area contributed by atoms with Crippen molar-refractivity contribution in [1.82, 2.24) is 20.9 Å². The first kappa shape index (κ1) is 29.2. The highest BCUT2D eigenvalue weighted by atomic mass is 127. The second kappa shape index (κ2) is 15.1. The fraction of sp³-hybridized carbons (Fsp3) is 0.905. The molecule has 0 spiro atoms. The topological polar surface area (TPSA) is 87.2 Å². The Morgan fingerprint density at radius 1 is 1.10 bits per heavy atom. The Kier molecular flexibility index (Phi) is 14.7. The average molecular weight is 542 g/mol. The largest absolute Gasteiger partial charge is 0.444 e. The Labute approximate surface area is 200 Å². The van der Waals surface area contributed by atoms with Crippen molar-refractivity contribution >= 4 is 36.0 Å². The van der Waals surface area contributed by atoms with Crippen LogP contribution >= 0.6 is 24.0 Å². The molecule has 1 amide bonds. The van der Waals surface area contributed by atoms with E-state index in [1.165, 1.54) is 0 Å². The number of aliphatic imine (C=N–C) groups is 1. The lowest BCUT2D eigenvalue weighted by Crippen LogP contribution is -2.52. The van der Waals surface area contributed by atoms with E-state index >= 15 is 0 Å². The van der Waals surface area contributed by atoms with E-state index in [-0.39, 0.29) is 30.1 Å². The molecule has 1 aliphatic rings. The highest BCUT2D eigenvalue weighted by Crippen LogP contribution is 2.17. The number of amides is 1. The van der Waals surface area contributed by atoms with E-state index in [0.717, 1.165) is 71.2 Å². The summed E-state index contributed by atoms with van der Waals surface area (Å²) in [6.45, 7) is 18.7. The number of halogens is 1. The molecule has 0 aromatic carbocycles. The van der Waals surface area contributed by atoms with Crippen molar-refractivity contribution in [2.75, 3.05) is 52.5 Å². The van der Waals surface area contributed by atoms with Crippen LogP contribution in [0.15, 0.2) is 4.99 Å². The van der Waals surface area contributed by atoms with Crippen LogP contribution in [0.2, 0.25) is 0 Å². The summed E-state index contributed by atoms with van der Waals surface area (Å²) in [5.74, 6) is 0.784. The van der Waals surface area contributed by atoms with Gasteiger partial charge in [-0.3, -0.25) is 9.89 Å². The summed E-state index contributed by atoms with van der Waals surface area (Å²) >= 11 is 0. The fourth-order valence-electron chi connectivity index (χ4n) is 3.12. The van der Waals surface area contributed by atoms with Crippen LogP contribution in [0.25, 0.3) is 0 Å². The molecule has 0 saturated carbocycles. The molecule has 3 N–H and O–H groups in total. The normalized spacial score (nSPS) is 15.9. The summed E-state index contributed by atoms with van der Waals surface area (Å²) in [4.78, 5) is 19.5.